The molecule has 0 amide bonds. The van der Waals surface area contributed by atoms with E-state index < -0.39 is 23.2 Å². The van der Waals surface area contributed by atoms with Crippen molar-refractivity contribution in [2.45, 2.75) is 27.0 Å². The van der Waals surface area contributed by atoms with Crippen LogP contribution in [0.1, 0.15) is 54.8 Å². The second-order valence-electron chi connectivity index (χ2n) is 8.80. The van der Waals surface area contributed by atoms with Gasteiger partial charge in [-0.15, -0.1) is 0 Å². The van der Waals surface area contributed by atoms with E-state index in [-0.39, 0.29) is 24.8 Å². The number of fused-ring (bicyclic) bond motifs is 6. The van der Waals surface area contributed by atoms with Gasteiger partial charge in [-0.2, -0.15) is 0 Å². The Balaban J connectivity index is 0.00000122. The molecule has 0 fully saturated rings. The van der Waals surface area contributed by atoms with Crippen LogP contribution in [0.5, 0.6) is 0 Å². The average molecular weight is 535 g/mol. The van der Waals surface area contributed by atoms with Crippen LogP contribution >= 0.6 is 0 Å². The summed E-state index contributed by atoms with van der Waals surface area (Å²) in [5.41, 5.74) is 13.6. The number of benzene rings is 4. The minimum absolute atomic E-state index is 0. The zero-order valence-corrected chi connectivity index (χ0v) is 22.1. The molecule has 0 N–H and O–H groups in total. The molecule has 0 saturated carbocycles. The van der Waals surface area contributed by atoms with Crippen molar-refractivity contribution in [1.82, 2.24) is 0 Å². The number of rotatable bonds is 3. The van der Waals surface area contributed by atoms with Gasteiger partial charge < -0.3 is 24.8 Å². The van der Waals surface area contributed by atoms with Gasteiger partial charge in [0.25, 0.3) is 0 Å². The van der Waals surface area contributed by atoms with Crippen LogP contribution < -0.4 is 24.8 Å². The van der Waals surface area contributed by atoms with Crippen molar-refractivity contribution >= 4 is 0 Å². The van der Waals surface area contributed by atoms with E-state index in [2.05, 4.69) is 105 Å². The Morgan fingerprint density at radius 3 is 1.41 bits per heavy atom. The van der Waals surface area contributed by atoms with Crippen molar-refractivity contribution in [2.75, 3.05) is 0 Å². The van der Waals surface area contributed by atoms with Gasteiger partial charge in [-0.1, -0.05) is 0 Å². The Kier molecular flexibility index (Phi) is 6.83. The molecule has 158 valence electrons. The molecule has 32 heavy (non-hydrogen) atoms. The molecule has 0 radical (unpaired) electrons. The summed E-state index contributed by atoms with van der Waals surface area (Å²) in [6.07, 6.45) is 0. The summed E-state index contributed by atoms with van der Waals surface area (Å²) in [6, 6.07) is 34.7. The largest absolute Gasteiger partial charge is 1.00 e. The number of hydrogen-bond acceptors (Lipinski definition) is 0. The van der Waals surface area contributed by atoms with Gasteiger partial charge in [0.15, 0.2) is 0 Å². The number of hydrogen-bond donors (Lipinski definition) is 0. The smallest absolute Gasteiger partial charge is 1.00 e. The maximum atomic E-state index is 2.53. The number of halogens is 2. The SMILES string of the molecule is CC(C)c1ccc2c(c1)[CH]([Zr+2][CH]1c3ccccc3-c3ccccc31)c1ccccc1-2.[Cl-].[Cl-]. The fraction of sp³-hybridized carbons (Fsp3) is 0.172. The Morgan fingerprint density at radius 1 is 0.531 bits per heavy atom. The van der Waals surface area contributed by atoms with Crippen LogP contribution in [-0.4, -0.2) is 0 Å². The van der Waals surface area contributed by atoms with Gasteiger partial charge in [0.05, 0.1) is 0 Å². The van der Waals surface area contributed by atoms with Crippen LogP contribution in [0.15, 0.2) is 91.0 Å². The first-order valence-corrected chi connectivity index (χ1v) is 13.7. The topological polar surface area (TPSA) is 0 Å². The third-order valence-corrected chi connectivity index (χ3v) is 11.5. The van der Waals surface area contributed by atoms with E-state index in [0.29, 0.717) is 13.2 Å². The first kappa shape index (κ1) is 23.5. The summed E-state index contributed by atoms with van der Waals surface area (Å²) >= 11 is -0.877. The van der Waals surface area contributed by atoms with Crippen LogP contribution in [0.2, 0.25) is 0 Å². The van der Waals surface area contributed by atoms with Crippen molar-refractivity contribution in [1.29, 1.82) is 0 Å². The summed E-state index contributed by atoms with van der Waals surface area (Å²) in [5.74, 6) is 0.568. The van der Waals surface area contributed by atoms with E-state index in [9.17, 15) is 0 Å². The van der Waals surface area contributed by atoms with E-state index in [0.717, 1.165) is 0 Å². The van der Waals surface area contributed by atoms with E-state index in [4.69, 9.17) is 0 Å². The van der Waals surface area contributed by atoms with Crippen LogP contribution in [0, 0.1) is 0 Å². The van der Waals surface area contributed by atoms with Gasteiger partial charge in [0, 0.05) is 0 Å². The first-order chi connectivity index (χ1) is 14.7. The summed E-state index contributed by atoms with van der Waals surface area (Å²) in [6.45, 7) is 4.62. The fourth-order valence-corrected chi connectivity index (χ4v) is 10.3. The molecule has 1 atom stereocenters. The molecule has 2 aliphatic carbocycles. The molecule has 0 heterocycles. The van der Waals surface area contributed by atoms with Gasteiger partial charge in [-0.25, -0.2) is 0 Å². The van der Waals surface area contributed by atoms with E-state index >= 15 is 0 Å². The minimum Gasteiger partial charge on any atom is -1.00 e. The monoisotopic (exact) mass is 532 g/mol. The van der Waals surface area contributed by atoms with Crippen LogP contribution in [0.4, 0.5) is 0 Å². The molecule has 6 rings (SSSR count). The Morgan fingerprint density at radius 2 is 0.938 bits per heavy atom. The van der Waals surface area contributed by atoms with Crippen LogP contribution in [0.25, 0.3) is 22.3 Å². The van der Waals surface area contributed by atoms with E-state index in [1.165, 1.54) is 27.8 Å². The molecule has 4 aromatic rings. The van der Waals surface area contributed by atoms with Crippen LogP contribution in [-0.2, 0) is 23.2 Å². The molecule has 1 unspecified atom stereocenters. The Labute approximate surface area is 214 Å². The first-order valence-electron chi connectivity index (χ1n) is 10.9. The maximum Gasteiger partial charge on any atom is -1.00 e. The second-order valence-corrected chi connectivity index (χ2v) is 12.5. The van der Waals surface area contributed by atoms with E-state index in [1.54, 1.807) is 22.3 Å². The van der Waals surface area contributed by atoms with Crippen LogP contribution in [0.3, 0.4) is 0 Å². The molecule has 0 spiro atoms. The predicted octanol–water partition coefficient (Wildman–Crippen LogP) is 1.74. The zero-order chi connectivity index (χ0) is 20.2. The average Bonchev–Trinajstić information content (AvgIpc) is 3.27. The fourth-order valence-electron chi connectivity index (χ4n) is 5.27. The third-order valence-electron chi connectivity index (χ3n) is 6.78. The molecule has 2 aliphatic rings. The summed E-state index contributed by atoms with van der Waals surface area (Å²) in [5, 5.41) is 0. The maximum absolute atomic E-state index is 2.53. The van der Waals surface area contributed by atoms with E-state index in [1.807, 2.05) is 0 Å². The molecule has 0 aliphatic heterocycles. The summed E-state index contributed by atoms with van der Waals surface area (Å²) in [7, 11) is 0. The second kappa shape index (κ2) is 9.30. The van der Waals surface area contributed by atoms with Gasteiger partial charge >= 0.3 is 191 Å². The van der Waals surface area contributed by atoms with Gasteiger partial charge in [0.2, 0.25) is 0 Å². The van der Waals surface area contributed by atoms with Gasteiger partial charge in [-0.3, -0.25) is 0 Å². The predicted molar refractivity (Wildman–Crippen MR) is 122 cm³/mol. The third kappa shape index (κ3) is 3.64. The Bertz CT molecular complexity index is 1230. The molecule has 0 saturated heterocycles. The molecular weight excluding hydrogens is 510 g/mol. The van der Waals surface area contributed by atoms with Crippen molar-refractivity contribution in [2.24, 2.45) is 0 Å². The van der Waals surface area contributed by atoms with Gasteiger partial charge in [0.1, 0.15) is 0 Å². The molecule has 3 heteroatoms. The van der Waals surface area contributed by atoms with Gasteiger partial charge in [-0.05, 0) is 0 Å². The van der Waals surface area contributed by atoms with Crippen molar-refractivity contribution in [3.63, 3.8) is 0 Å². The molecule has 0 nitrogen and oxygen atoms in total. The van der Waals surface area contributed by atoms with Crippen molar-refractivity contribution < 1.29 is 48.0 Å². The molecule has 0 bridgehead atoms. The summed E-state index contributed by atoms with van der Waals surface area (Å²) in [4.78, 5) is 0. The normalized spacial score (nSPS) is 15.0. The molecular formula is C29H24Cl2Zr. The molecule has 0 aromatic heterocycles. The summed E-state index contributed by atoms with van der Waals surface area (Å²) < 4.78 is 1.23. The van der Waals surface area contributed by atoms with Crippen molar-refractivity contribution in [3.05, 3.63) is 119 Å². The zero-order valence-electron chi connectivity index (χ0n) is 18.1. The molecule has 4 aromatic carbocycles. The van der Waals surface area contributed by atoms with Crippen molar-refractivity contribution in [3.8, 4) is 22.3 Å². The Hall–Kier alpha value is -1.66. The standard InChI is InChI=1S/C16H15.C13H9.2ClH.Zr/c1-11(2)12-7-8-16-14(9-12)10-13-5-3-4-6-15(13)16;1-3-7-12-10(5-1)9-11-6-2-4-8-13(11)12;;;/h3-11H,1-2H3;1-9H;2*1H;/q;;;;+2/p-2. The quantitative estimate of drug-likeness (QED) is 0.376. The minimum atomic E-state index is -0.877.